The lowest BCUT2D eigenvalue weighted by atomic mass is 9.89. The molecule has 160 valence electrons. The van der Waals surface area contributed by atoms with Gasteiger partial charge in [0.15, 0.2) is 0 Å². The highest BCUT2D eigenvalue weighted by Gasteiger charge is 2.19. The first-order valence-corrected chi connectivity index (χ1v) is 10.3. The number of rotatable bonds is 8. The van der Waals surface area contributed by atoms with Gasteiger partial charge in [-0.15, -0.1) is 0 Å². The lowest BCUT2D eigenvalue weighted by Crippen LogP contribution is -2.13. The highest BCUT2D eigenvalue weighted by atomic mass is 16.6. The van der Waals surface area contributed by atoms with Crippen LogP contribution >= 0.6 is 0 Å². The van der Waals surface area contributed by atoms with E-state index in [2.05, 4.69) is 12.6 Å². The van der Waals surface area contributed by atoms with Gasteiger partial charge in [0.25, 0.3) is 0 Å². The second-order valence-corrected chi connectivity index (χ2v) is 7.25. The van der Waals surface area contributed by atoms with Gasteiger partial charge in [-0.05, 0) is 61.1 Å². The predicted molar refractivity (Wildman–Crippen MR) is 115 cm³/mol. The second-order valence-electron chi connectivity index (χ2n) is 7.25. The van der Waals surface area contributed by atoms with Crippen LogP contribution in [0, 0.1) is 11.3 Å². The number of carbonyl (C=O) groups is 2. The van der Waals surface area contributed by atoms with Gasteiger partial charge >= 0.3 is 11.9 Å². The Balaban J connectivity index is 1.49. The topological polar surface area (TPSA) is 85.6 Å². The molecular formula is C25H25NO5. The van der Waals surface area contributed by atoms with Crippen molar-refractivity contribution >= 4 is 11.9 Å². The van der Waals surface area contributed by atoms with Gasteiger partial charge in [0, 0.05) is 30.1 Å². The van der Waals surface area contributed by atoms with Crippen molar-refractivity contribution in [1.82, 2.24) is 0 Å². The van der Waals surface area contributed by atoms with E-state index in [0.717, 1.165) is 36.7 Å². The lowest BCUT2D eigenvalue weighted by Gasteiger charge is -2.20. The average Bonchev–Trinajstić information content (AvgIpc) is 2.82. The molecule has 0 aromatic rings. The number of nitrogens with zero attached hydrogens (tertiary/aromatic N) is 1. The summed E-state index contributed by atoms with van der Waals surface area (Å²) in [4.78, 5) is 23.4. The van der Waals surface area contributed by atoms with Gasteiger partial charge in [-0.1, -0.05) is 18.7 Å². The zero-order valence-corrected chi connectivity index (χ0v) is 17.4. The standard InChI is InChI=1S/C25H25NO5/c1-2-24(27)30-16-15-29-22-11-9-21(10-12-22)25(28)31-23-13-7-20(8-14-23)19-5-3-18(17-26)4-6-19/h2-3,5,7,9,11,13H,1,4,6,8,10,12,14-16H2. The molecule has 0 unspecified atom stereocenters. The third-order valence-corrected chi connectivity index (χ3v) is 5.20. The molecule has 0 saturated heterocycles. The average molecular weight is 419 g/mol. The second kappa shape index (κ2) is 11.0. The fourth-order valence-corrected chi connectivity index (χ4v) is 3.44. The molecule has 6 heteroatoms. The zero-order valence-electron chi connectivity index (χ0n) is 17.4. The highest BCUT2D eigenvalue weighted by molar-refractivity contribution is 5.89. The van der Waals surface area contributed by atoms with Gasteiger partial charge in [-0.2, -0.15) is 5.26 Å². The zero-order chi connectivity index (χ0) is 22.1. The molecular weight excluding hydrogens is 394 g/mol. The molecule has 0 N–H and O–H groups in total. The summed E-state index contributed by atoms with van der Waals surface area (Å²) in [7, 11) is 0. The summed E-state index contributed by atoms with van der Waals surface area (Å²) in [5, 5.41) is 8.95. The molecule has 0 heterocycles. The van der Waals surface area contributed by atoms with Crippen molar-refractivity contribution in [3.63, 3.8) is 0 Å². The lowest BCUT2D eigenvalue weighted by molar-refractivity contribution is -0.139. The molecule has 3 aliphatic rings. The molecule has 0 atom stereocenters. The molecule has 3 aliphatic carbocycles. The number of allylic oxidation sites excluding steroid dienone is 11. The van der Waals surface area contributed by atoms with Gasteiger partial charge in [-0.25, -0.2) is 9.59 Å². The minimum absolute atomic E-state index is 0.150. The summed E-state index contributed by atoms with van der Waals surface area (Å²) in [5.41, 5.74) is 3.89. The number of hydrogen-bond donors (Lipinski definition) is 0. The minimum atomic E-state index is -0.481. The maximum atomic E-state index is 12.5. The van der Waals surface area contributed by atoms with Gasteiger partial charge in [0.1, 0.15) is 19.0 Å². The van der Waals surface area contributed by atoms with Crippen LogP contribution in [0.2, 0.25) is 0 Å². The van der Waals surface area contributed by atoms with E-state index in [1.165, 1.54) is 11.1 Å². The minimum Gasteiger partial charge on any atom is -0.494 e. The van der Waals surface area contributed by atoms with Crippen molar-refractivity contribution < 1.29 is 23.8 Å². The summed E-state index contributed by atoms with van der Waals surface area (Å²) < 4.78 is 16.0. The molecule has 0 radical (unpaired) electrons. The number of ether oxygens (including phenoxy) is 3. The fourth-order valence-electron chi connectivity index (χ4n) is 3.44. The molecule has 0 saturated carbocycles. The van der Waals surface area contributed by atoms with E-state index in [4.69, 9.17) is 19.5 Å². The van der Waals surface area contributed by atoms with E-state index in [-0.39, 0.29) is 19.2 Å². The van der Waals surface area contributed by atoms with Gasteiger partial charge < -0.3 is 14.2 Å². The van der Waals surface area contributed by atoms with Crippen molar-refractivity contribution in [3.05, 3.63) is 82.9 Å². The Bertz CT molecular complexity index is 982. The van der Waals surface area contributed by atoms with E-state index in [9.17, 15) is 9.59 Å². The molecule has 0 aromatic heterocycles. The monoisotopic (exact) mass is 419 g/mol. The van der Waals surface area contributed by atoms with E-state index in [1.807, 2.05) is 24.3 Å². The molecule has 0 amide bonds. The Hall–Kier alpha value is -3.59. The van der Waals surface area contributed by atoms with E-state index >= 15 is 0 Å². The van der Waals surface area contributed by atoms with Crippen molar-refractivity contribution in [3.8, 4) is 6.07 Å². The largest absolute Gasteiger partial charge is 0.494 e. The van der Waals surface area contributed by atoms with Crippen LogP contribution < -0.4 is 0 Å². The molecule has 6 nitrogen and oxygen atoms in total. The number of carbonyl (C=O) groups excluding carboxylic acids is 2. The van der Waals surface area contributed by atoms with Crippen LogP contribution in [0.15, 0.2) is 82.9 Å². The first kappa shape index (κ1) is 22.1. The quantitative estimate of drug-likeness (QED) is 0.323. The Morgan fingerprint density at radius 2 is 1.61 bits per heavy atom. The molecule has 0 bridgehead atoms. The third kappa shape index (κ3) is 6.45. The molecule has 3 rings (SSSR count). The Morgan fingerprint density at radius 3 is 2.19 bits per heavy atom. The normalized spacial score (nSPS) is 18.0. The van der Waals surface area contributed by atoms with Crippen molar-refractivity contribution in [2.75, 3.05) is 13.2 Å². The van der Waals surface area contributed by atoms with E-state index < -0.39 is 5.97 Å². The van der Waals surface area contributed by atoms with E-state index in [0.29, 0.717) is 30.6 Å². The Morgan fingerprint density at radius 1 is 0.903 bits per heavy atom. The molecule has 0 aliphatic heterocycles. The number of nitriles is 1. The van der Waals surface area contributed by atoms with E-state index in [1.54, 1.807) is 12.2 Å². The predicted octanol–water partition coefficient (Wildman–Crippen LogP) is 4.65. The highest BCUT2D eigenvalue weighted by Crippen LogP contribution is 2.31. The Kier molecular flexibility index (Phi) is 7.83. The molecule has 31 heavy (non-hydrogen) atoms. The smallest absolute Gasteiger partial charge is 0.339 e. The SMILES string of the molecule is C=CC(=O)OCCOC1=CC=C(C(=O)OC2=CC=C(C3=CC=C(C#N)CC3)CC2)CC1. The van der Waals surface area contributed by atoms with Crippen LogP contribution in [-0.4, -0.2) is 25.2 Å². The first-order chi connectivity index (χ1) is 15.1. The van der Waals surface area contributed by atoms with Crippen LogP contribution in [-0.2, 0) is 23.8 Å². The Labute approximate surface area is 182 Å². The van der Waals surface area contributed by atoms with Gasteiger partial charge in [-0.3, -0.25) is 0 Å². The van der Waals surface area contributed by atoms with Crippen LogP contribution in [0.3, 0.4) is 0 Å². The summed E-state index contributed by atoms with van der Waals surface area (Å²) in [6, 6.07) is 2.20. The maximum Gasteiger partial charge on any atom is 0.339 e. The summed E-state index contributed by atoms with van der Waals surface area (Å²) >= 11 is 0. The summed E-state index contributed by atoms with van der Waals surface area (Å²) in [5.74, 6) is 0.585. The third-order valence-electron chi connectivity index (χ3n) is 5.20. The number of esters is 2. The van der Waals surface area contributed by atoms with Crippen LogP contribution in [0.5, 0.6) is 0 Å². The number of hydrogen-bond acceptors (Lipinski definition) is 6. The van der Waals surface area contributed by atoms with Gasteiger partial charge in [0.05, 0.1) is 11.8 Å². The fraction of sp³-hybridized carbons (Fsp3) is 0.320. The van der Waals surface area contributed by atoms with Crippen LogP contribution in [0.1, 0.15) is 38.5 Å². The van der Waals surface area contributed by atoms with Crippen LogP contribution in [0.25, 0.3) is 0 Å². The van der Waals surface area contributed by atoms with Crippen molar-refractivity contribution in [2.24, 2.45) is 0 Å². The van der Waals surface area contributed by atoms with Crippen molar-refractivity contribution in [1.29, 1.82) is 5.26 Å². The summed E-state index contributed by atoms with van der Waals surface area (Å²) in [6.45, 7) is 3.73. The van der Waals surface area contributed by atoms with Crippen molar-refractivity contribution in [2.45, 2.75) is 38.5 Å². The van der Waals surface area contributed by atoms with Crippen LogP contribution in [0.4, 0.5) is 0 Å². The maximum absolute atomic E-state index is 12.5. The molecule has 0 fully saturated rings. The summed E-state index contributed by atoms with van der Waals surface area (Å²) in [6.07, 6.45) is 16.6. The molecule has 0 spiro atoms. The van der Waals surface area contributed by atoms with Gasteiger partial charge in [0.2, 0.25) is 0 Å². The molecule has 0 aromatic carbocycles. The first-order valence-electron chi connectivity index (χ1n) is 10.3.